The first-order chi connectivity index (χ1) is 15.3. The molecule has 178 valence electrons. The number of methoxy groups -OCH3 is 2. The number of fused-ring (bicyclic) bond motifs is 1. The van der Waals surface area contributed by atoms with E-state index in [9.17, 15) is 40.6 Å². The second kappa shape index (κ2) is 8.60. The molecule has 1 aliphatic heterocycles. The van der Waals surface area contributed by atoms with Crippen LogP contribution in [0.1, 0.15) is 0 Å². The number of anilines is 1. The second-order valence-electron chi connectivity index (χ2n) is 6.65. The summed E-state index contributed by atoms with van der Waals surface area (Å²) in [6.45, 7) is -0.795. The first-order valence-corrected chi connectivity index (χ1v) is 11.7. The minimum Gasteiger partial charge on any atom is -0.507 e. The number of nitrogens with zero attached hydrogens (tertiary/aromatic N) is 1. The lowest BCUT2D eigenvalue weighted by Gasteiger charge is -2.32. The van der Waals surface area contributed by atoms with E-state index in [0.29, 0.717) is 6.07 Å². The molecular formula is C18H17NO12S2. The van der Waals surface area contributed by atoms with Gasteiger partial charge in [0.15, 0.2) is 0 Å². The summed E-state index contributed by atoms with van der Waals surface area (Å²) in [4.78, 5) is 24.2. The molecule has 15 heteroatoms. The van der Waals surface area contributed by atoms with Crippen molar-refractivity contribution in [1.29, 1.82) is 0 Å². The zero-order valence-electron chi connectivity index (χ0n) is 17.0. The van der Waals surface area contributed by atoms with E-state index in [2.05, 4.69) is 4.74 Å². The van der Waals surface area contributed by atoms with Crippen LogP contribution >= 0.6 is 0 Å². The lowest BCUT2D eigenvalue weighted by molar-refractivity contribution is -0.140. The summed E-state index contributed by atoms with van der Waals surface area (Å²) in [5.74, 6) is -2.71. The Morgan fingerprint density at radius 2 is 1.48 bits per heavy atom. The Kier molecular flexibility index (Phi) is 6.36. The van der Waals surface area contributed by atoms with Crippen molar-refractivity contribution in [3.8, 4) is 5.75 Å². The highest BCUT2D eigenvalue weighted by Gasteiger charge is 2.34. The maximum Gasteiger partial charge on any atom is 0.355 e. The van der Waals surface area contributed by atoms with Crippen LogP contribution in [0.25, 0.3) is 10.8 Å². The van der Waals surface area contributed by atoms with Crippen LogP contribution in [0, 0.1) is 0 Å². The molecule has 33 heavy (non-hydrogen) atoms. The Bertz CT molecular complexity index is 1400. The molecule has 1 aliphatic rings. The highest BCUT2D eigenvalue weighted by atomic mass is 32.2. The van der Waals surface area contributed by atoms with Crippen molar-refractivity contribution >= 4 is 48.6 Å². The molecule has 0 spiro atoms. The van der Waals surface area contributed by atoms with Crippen molar-refractivity contribution in [3.63, 3.8) is 0 Å². The molecule has 0 saturated carbocycles. The average Bonchev–Trinajstić information content (AvgIpc) is 2.75. The number of aromatic hydroxyl groups is 1. The van der Waals surface area contributed by atoms with Gasteiger partial charge in [0.2, 0.25) is 0 Å². The first-order valence-electron chi connectivity index (χ1n) is 8.80. The van der Waals surface area contributed by atoms with Crippen LogP contribution in [0.2, 0.25) is 0 Å². The van der Waals surface area contributed by atoms with Gasteiger partial charge in [-0.05, 0) is 23.6 Å². The lowest BCUT2D eigenvalue weighted by Crippen LogP contribution is -2.39. The van der Waals surface area contributed by atoms with Crippen molar-refractivity contribution in [2.24, 2.45) is 0 Å². The van der Waals surface area contributed by atoms with Crippen LogP contribution in [0.4, 0.5) is 5.69 Å². The number of carbonyl (C=O) groups excluding carboxylic acids is 2. The normalized spacial score (nSPS) is 15.0. The van der Waals surface area contributed by atoms with E-state index >= 15 is 0 Å². The number of ether oxygens (including phenoxy) is 3. The molecule has 0 saturated heterocycles. The minimum atomic E-state index is -4.88. The number of hydrogen-bond donors (Lipinski definition) is 3. The molecule has 2 aromatic rings. The SMILES string of the molecule is COC(=O)C1=C(C(=O)OC)N(c2cc(S(=O)(=O)O)cc3cc(S(=O)(=O)O)cc(O)c23)COC1. The van der Waals surface area contributed by atoms with Gasteiger partial charge in [0.1, 0.15) is 18.2 Å². The number of rotatable bonds is 5. The van der Waals surface area contributed by atoms with Gasteiger partial charge in [0, 0.05) is 11.5 Å². The molecule has 3 rings (SSSR count). The number of hydrogen-bond acceptors (Lipinski definition) is 11. The quantitative estimate of drug-likeness (QED) is 0.376. The van der Waals surface area contributed by atoms with Gasteiger partial charge in [-0.15, -0.1) is 0 Å². The summed E-state index contributed by atoms with van der Waals surface area (Å²) in [7, 11) is -7.60. The standard InChI is InChI=1S/C18H17NO12S2/c1-29-17(21)12-7-31-8-19(16(12)18(22)30-2)13-5-10(32(23,24)25)3-9-4-11(33(26,27)28)6-14(20)15(9)13/h3-6,20H,7-8H2,1-2H3,(H,23,24,25)(H,26,27,28). The molecule has 0 aliphatic carbocycles. The van der Waals surface area contributed by atoms with Gasteiger partial charge >= 0.3 is 11.9 Å². The topological polar surface area (TPSA) is 194 Å². The van der Waals surface area contributed by atoms with Crippen LogP contribution in [-0.4, -0.2) is 70.5 Å². The summed E-state index contributed by atoms with van der Waals surface area (Å²) < 4.78 is 80.5. The number of phenols is 1. The Morgan fingerprint density at radius 1 is 0.939 bits per heavy atom. The van der Waals surface area contributed by atoms with Gasteiger partial charge < -0.3 is 24.2 Å². The van der Waals surface area contributed by atoms with Gasteiger partial charge in [-0.3, -0.25) is 9.11 Å². The summed E-state index contributed by atoms with van der Waals surface area (Å²) in [6, 6.07) is 3.26. The number of benzene rings is 2. The zero-order valence-corrected chi connectivity index (χ0v) is 18.6. The zero-order chi connectivity index (χ0) is 24.7. The summed E-state index contributed by atoms with van der Waals surface area (Å²) in [5.41, 5.74) is -0.946. The average molecular weight is 503 g/mol. The Morgan fingerprint density at radius 3 is 2.00 bits per heavy atom. The van der Waals surface area contributed by atoms with Crippen LogP contribution in [0.15, 0.2) is 45.3 Å². The van der Waals surface area contributed by atoms with Crippen molar-refractivity contribution in [2.45, 2.75) is 9.79 Å². The lowest BCUT2D eigenvalue weighted by atomic mass is 10.0. The van der Waals surface area contributed by atoms with E-state index < -0.39 is 60.1 Å². The molecule has 13 nitrogen and oxygen atoms in total. The third kappa shape index (κ3) is 4.62. The maximum atomic E-state index is 12.5. The molecule has 3 N–H and O–H groups in total. The van der Waals surface area contributed by atoms with Gasteiger partial charge in [0.25, 0.3) is 20.2 Å². The Labute approximate surface area is 187 Å². The molecular weight excluding hydrogens is 486 g/mol. The van der Waals surface area contributed by atoms with Crippen LogP contribution < -0.4 is 4.90 Å². The summed E-state index contributed by atoms with van der Waals surface area (Å²) in [6.07, 6.45) is 0. The minimum absolute atomic E-state index is 0.189. The summed E-state index contributed by atoms with van der Waals surface area (Å²) in [5, 5.41) is 10.1. The van der Waals surface area contributed by atoms with Gasteiger partial charge in [-0.2, -0.15) is 16.8 Å². The monoisotopic (exact) mass is 503 g/mol. The fourth-order valence-electron chi connectivity index (χ4n) is 3.26. The molecule has 0 radical (unpaired) electrons. The second-order valence-corrected chi connectivity index (χ2v) is 9.49. The summed E-state index contributed by atoms with van der Waals surface area (Å²) >= 11 is 0. The van der Waals surface area contributed by atoms with Crippen LogP contribution in [0.5, 0.6) is 5.75 Å². The number of carbonyl (C=O) groups is 2. The first kappa shape index (κ1) is 24.4. The van der Waals surface area contributed by atoms with Crippen molar-refractivity contribution in [3.05, 3.63) is 35.5 Å². The van der Waals surface area contributed by atoms with Gasteiger partial charge in [-0.1, -0.05) is 0 Å². The third-order valence-electron chi connectivity index (χ3n) is 4.67. The predicted octanol–water partition coefficient (Wildman–Crippen LogP) is 0.433. The molecule has 0 unspecified atom stereocenters. The highest BCUT2D eigenvalue weighted by Crippen LogP contribution is 2.40. The van der Waals surface area contributed by atoms with E-state index in [4.69, 9.17) is 9.47 Å². The molecule has 0 atom stereocenters. The van der Waals surface area contributed by atoms with Gasteiger partial charge in [0.05, 0.1) is 41.9 Å². The molecule has 0 fully saturated rings. The maximum absolute atomic E-state index is 12.5. The van der Waals surface area contributed by atoms with Crippen molar-refractivity contribution in [2.75, 3.05) is 32.5 Å². The van der Waals surface area contributed by atoms with Crippen LogP contribution in [-0.2, 0) is 44.0 Å². The Hall–Kier alpha value is -3.24. The van der Waals surface area contributed by atoms with E-state index in [-0.39, 0.29) is 28.6 Å². The van der Waals surface area contributed by atoms with E-state index in [0.717, 1.165) is 37.3 Å². The number of phenolic OH excluding ortho intramolecular Hbond substituents is 1. The number of esters is 2. The predicted molar refractivity (Wildman–Crippen MR) is 110 cm³/mol. The molecule has 0 aromatic heterocycles. The van der Waals surface area contributed by atoms with Crippen LogP contribution in [0.3, 0.4) is 0 Å². The highest BCUT2D eigenvalue weighted by molar-refractivity contribution is 7.86. The Balaban J connectivity index is 2.46. The van der Waals surface area contributed by atoms with E-state index in [1.54, 1.807) is 0 Å². The van der Waals surface area contributed by atoms with Crippen molar-refractivity contribution in [1.82, 2.24) is 0 Å². The van der Waals surface area contributed by atoms with Gasteiger partial charge in [-0.25, -0.2) is 9.59 Å². The van der Waals surface area contributed by atoms with E-state index in [1.165, 1.54) is 0 Å². The van der Waals surface area contributed by atoms with Crippen molar-refractivity contribution < 1.29 is 54.8 Å². The largest absolute Gasteiger partial charge is 0.507 e. The molecule has 1 heterocycles. The molecule has 0 amide bonds. The van der Waals surface area contributed by atoms with E-state index in [1.807, 2.05) is 0 Å². The third-order valence-corrected chi connectivity index (χ3v) is 6.34. The fourth-order valence-corrected chi connectivity index (χ4v) is 4.33. The smallest absolute Gasteiger partial charge is 0.355 e. The molecule has 2 aromatic carbocycles. The fraction of sp³-hybridized carbons (Fsp3) is 0.222. The molecule has 0 bridgehead atoms.